The van der Waals surface area contributed by atoms with E-state index < -0.39 is 0 Å². The molecule has 1 aliphatic heterocycles. The average Bonchev–Trinajstić information content (AvgIpc) is 2.09. The number of aliphatic hydroxyl groups is 1. The molecule has 12 heavy (non-hydrogen) atoms. The maximum atomic E-state index is 8.57. The van der Waals surface area contributed by atoms with Crippen LogP contribution in [0, 0.1) is 0 Å². The summed E-state index contributed by atoms with van der Waals surface area (Å²) in [5.74, 6) is 0. The van der Waals surface area contributed by atoms with Crippen LogP contribution in [0.25, 0.3) is 0 Å². The lowest BCUT2D eigenvalue weighted by atomic mass is 10.0. The van der Waals surface area contributed by atoms with E-state index in [0.29, 0.717) is 18.8 Å². The molecule has 1 rings (SSSR count). The lowest BCUT2D eigenvalue weighted by Gasteiger charge is -2.29. The molecule has 0 aromatic rings. The minimum atomic E-state index is 0.231. The van der Waals surface area contributed by atoms with Crippen LogP contribution in [0.2, 0.25) is 0 Å². The van der Waals surface area contributed by atoms with Gasteiger partial charge in [0.05, 0.1) is 6.10 Å². The van der Waals surface area contributed by atoms with Crippen molar-refractivity contribution < 1.29 is 9.84 Å². The summed E-state index contributed by atoms with van der Waals surface area (Å²) >= 11 is 0. The highest BCUT2D eigenvalue weighted by Gasteiger charge is 2.20. The van der Waals surface area contributed by atoms with Crippen LogP contribution in [0.4, 0.5) is 0 Å². The summed E-state index contributed by atoms with van der Waals surface area (Å²) in [7, 11) is 0. The summed E-state index contributed by atoms with van der Waals surface area (Å²) in [4.78, 5) is 0. The zero-order valence-electron chi connectivity index (χ0n) is 7.75. The lowest BCUT2D eigenvalue weighted by molar-refractivity contribution is 0.00666. The largest absolute Gasteiger partial charge is 0.396 e. The molecule has 1 saturated heterocycles. The smallest absolute Gasteiger partial charge is 0.0725 e. The molecule has 0 radical (unpaired) electrons. The summed E-state index contributed by atoms with van der Waals surface area (Å²) in [5, 5.41) is 11.9. The summed E-state index contributed by atoms with van der Waals surface area (Å²) in [6.07, 6.45) is 3.46. The van der Waals surface area contributed by atoms with E-state index in [-0.39, 0.29) is 6.61 Å². The fraction of sp³-hybridized carbons (Fsp3) is 1.00. The van der Waals surface area contributed by atoms with E-state index in [2.05, 4.69) is 12.2 Å². The van der Waals surface area contributed by atoms with Gasteiger partial charge >= 0.3 is 0 Å². The van der Waals surface area contributed by atoms with E-state index in [1.54, 1.807) is 0 Å². The summed E-state index contributed by atoms with van der Waals surface area (Å²) in [6, 6.07) is 0.470. The third-order valence-electron chi connectivity index (χ3n) is 2.32. The highest BCUT2D eigenvalue weighted by molar-refractivity contribution is 4.77. The van der Waals surface area contributed by atoms with E-state index in [1.165, 1.54) is 6.42 Å². The first kappa shape index (κ1) is 9.96. The molecule has 72 valence electrons. The fourth-order valence-corrected chi connectivity index (χ4v) is 1.54. The van der Waals surface area contributed by atoms with Crippen molar-refractivity contribution >= 4 is 0 Å². The number of nitrogens with one attached hydrogen (secondary N) is 1. The van der Waals surface area contributed by atoms with Crippen molar-refractivity contribution in [2.24, 2.45) is 0 Å². The summed E-state index contributed by atoms with van der Waals surface area (Å²) in [5.41, 5.74) is 0. The minimum Gasteiger partial charge on any atom is -0.396 e. The van der Waals surface area contributed by atoms with Gasteiger partial charge in [0, 0.05) is 19.3 Å². The van der Waals surface area contributed by atoms with Crippen LogP contribution in [-0.2, 0) is 4.74 Å². The average molecular weight is 173 g/mol. The number of rotatable bonds is 4. The second-order valence-corrected chi connectivity index (χ2v) is 3.37. The highest BCUT2D eigenvalue weighted by Crippen LogP contribution is 2.12. The molecule has 0 amide bonds. The van der Waals surface area contributed by atoms with E-state index in [4.69, 9.17) is 9.84 Å². The SMILES string of the molecule is CC1NCCCC1OCCCO. The Morgan fingerprint density at radius 3 is 3.08 bits per heavy atom. The van der Waals surface area contributed by atoms with Crippen molar-refractivity contribution in [1.29, 1.82) is 0 Å². The second kappa shape index (κ2) is 5.51. The maximum Gasteiger partial charge on any atom is 0.0725 e. The molecule has 0 bridgehead atoms. The molecule has 2 atom stereocenters. The van der Waals surface area contributed by atoms with E-state index >= 15 is 0 Å². The van der Waals surface area contributed by atoms with E-state index in [1.807, 2.05) is 0 Å². The van der Waals surface area contributed by atoms with Crippen LogP contribution < -0.4 is 5.32 Å². The van der Waals surface area contributed by atoms with Gasteiger partial charge in [0.25, 0.3) is 0 Å². The molecule has 1 fully saturated rings. The first-order chi connectivity index (χ1) is 5.84. The van der Waals surface area contributed by atoms with Crippen LogP contribution in [-0.4, -0.2) is 37.0 Å². The van der Waals surface area contributed by atoms with E-state index in [9.17, 15) is 0 Å². The monoisotopic (exact) mass is 173 g/mol. The van der Waals surface area contributed by atoms with Gasteiger partial charge < -0.3 is 15.2 Å². The molecule has 3 nitrogen and oxygen atoms in total. The third kappa shape index (κ3) is 3.09. The minimum absolute atomic E-state index is 0.231. The van der Waals surface area contributed by atoms with Gasteiger partial charge in [-0.05, 0) is 32.7 Å². The molecule has 0 saturated carbocycles. The molecular weight excluding hydrogens is 154 g/mol. The van der Waals surface area contributed by atoms with Gasteiger partial charge in [-0.2, -0.15) is 0 Å². The molecule has 0 aromatic heterocycles. The molecule has 2 N–H and O–H groups in total. The molecule has 0 aromatic carbocycles. The van der Waals surface area contributed by atoms with Crippen molar-refractivity contribution in [3.05, 3.63) is 0 Å². The molecule has 1 heterocycles. The quantitative estimate of drug-likeness (QED) is 0.609. The highest BCUT2D eigenvalue weighted by atomic mass is 16.5. The van der Waals surface area contributed by atoms with Crippen LogP contribution in [0.5, 0.6) is 0 Å². The number of piperidine rings is 1. The van der Waals surface area contributed by atoms with Gasteiger partial charge in [-0.3, -0.25) is 0 Å². The Kier molecular flexibility index (Phi) is 4.58. The predicted molar refractivity (Wildman–Crippen MR) is 48.1 cm³/mol. The molecule has 0 spiro atoms. The number of hydrogen-bond acceptors (Lipinski definition) is 3. The van der Waals surface area contributed by atoms with Gasteiger partial charge in [-0.15, -0.1) is 0 Å². The third-order valence-corrected chi connectivity index (χ3v) is 2.32. The fourth-order valence-electron chi connectivity index (χ4n) is 1.54. The molecule has 3 heteroatoms. The summed E-state index contributed by atoms with van der Waals surface area (Å²) in [6.45, 7) is 4.19. The Labute approximate surface area is 74.1 Å². The Hall–Kier alpha value is -0.120. The standard InChI is InChI=1S/C9H19NO2/c1-8-9(4-2-5-10-8)12-7-3-6-11/h8-11H,2-7H2,1H3. The van der Waals surface area contributed by atoms with Gasteiger partial charge in [0.2, 0.25) is 0 Å². The second-order valence-electron chi connectivity index (χ2n) is 3.37. The van der Waals surface area contributed by atoms with E-state index in [0.717, 1.165) is 19.4 Å². The van der Waals surface area contributed by atoms with Crippen LogP contribution in [0.15, 0.2) is 0 Å². The Morgan fingerprint density at radius 2 is 2.42 bits per heavy atom. The Morgan fingerprint density at radius 1 is 1.58 bits per heavy atom. The van der Waals surface area contributed by atoms with Crippen molar-refractivity contribution in [2.45, 2.75) is 38.3 Å². The Balaban J connectivity index is 2.11. The number of aliphatic hydroxyl groups excluding tert-OH is 1. The zero-order valence-corrected chi connectivity index (χ0v) is 7.75. The van der Waals surface area contributed by atoms with Gasteiger partial charge in [0.15, 0.2) is 0 Å². The topological polar surface area (TPSA) is 41.5 Å². The zero-order chi connectivity index (χ0) is 8.81. The number of ether oxygens (including phenoxy) is 1. The van der Waals surface area contributed by atoms with Crippen molar-refractivity contribution in [3.63, 3.8) is 0 Å². The van der Waals surface area contributed by atoms with Crippen molar-refractivity contribution in [3.8, 4) is 0 Å². The predicted octanol–water partition coefficient (Wildman–Crippen LogP) is 0.526. The normalized spacial score (nSPS) is 30.5. The van der Waals surface area contributed by atoms with Crippen LogP contribution in [0.3, 0.4) is 0 Å². The molecular formula is C9H19NO2. The lowest BCUT2D eigenvalue weighted by Crippen LogP contribution is -2.44. The summed E-state index contributed by atoms with van der Waals surface area (Å²) < 4.78 is 5.61. The Bertz CT molecular complexity index is 119. The van der Waals surface area contributed by atoms with Crippen molar-refractivity contribution in [2.75, 3.05) is 19.8 Å². The van der Waals surface area contributed by atoms with Gasteiger partial charge in [-0.1, -0.05) is 0 Å². The van der Waals surface area contributed by atoms with Crippen LogP contribution in [0.1, 0.15) is 26.2 Å². The first-order valence-electron chi connectivity index (χ1n) is 4.80. The van der Waals surface area contributed by atoms with Gasteiger partial charge in [0.1, 0.15) is 0 Å². The maximum absolute atomic E-state index is 8.57. The van der Waals surface area contributed by atoms with Gasteiger partial charge in [-0.25, -0.2) is 0 Å². The molecule has 2 unspecified atom stereocenters. The number of hydrogen-bond donors (Lipinski definition) is 2. The van der Waals surface area contributed by atoms with Crippen molar-refractivity contribution in [1.82, 2.24) is 5.32 Å². The van der Waals surface area contributed by atoms with Crippen LogP contribution >= 0.6 is 0 Å². The molecule has 1 aliphatic rings. The molecule has 0 aliphatic carbocycles. The first-order valence-corrected chi connectivity index (χ1v) is 4.80.